The highest BCUT2D eigenvalue weighted by atomic mass is 35.5. The third kappa shape index (κ3) is 2.38. The zero-order valence-electron chi connectivity index (χ0n) is 4.31. The zero-order chi connectivity index (χ0) is 6.57. The van der Waals surface area contributed by atoms with Crippen molar-refractivity contribution in [3.63, 3.8) is 0 Å². The monoisotopic (exact) mass is 129 g/mol. The van der Waals surface area contributed by atoms with Crippen molar-refractivity contribution in [3.05, 3.63) is 11.6 Å². The summed E-state index contributed by atoms with van der Waals surface area (Å²) in [7, 11) is 0. The van der Waals surface area contributed by atoms with Crippen LogP contribution in [0.4, 0.5) is 0 Å². The molecule has 0 bridgehead atoms. The first-order valence-corrected chi connectivity index (χ1v) is 2.32. The van der Waals surface area contributed by atoms with Crippen molar-refractivity contribution in [2.45, 2.75) is 6.92 Å². The van der Waals surface area contributed by atoms with Crippen molar-refractivity contribution in [1.82, 2.24) is 0 Å². The van der Waals surface area contributed by atoms with Gasteiger partial charge in [0.15, 0.2) is 0 Å². The van der Waals surface area contributed by atoms with E-state index in [1.165, 1.54) is 6.92 Å². The van der Waals surface area contributed by atoms with Crippen LogP contribution < -0.4 is 0 Å². The molecule has 0 heterocycles. The molecule has 0 atom stereocenters. The summed E-state index contributed by atoms with van der Waals surface area (Å²) in [4.78, 5) is 10.1. The summed E-state index contributed by atoms with van der Waals surface area (Å²) in [6.45, 7) is 1.48. The number of halogens is 1. The molecule has 0 aromatic carbocycles. The van der Waals surface area contributed by atoms with Crippen molar-refractivity contribution in [2.24, 2.45) is 0 Å². The Labute approximate surface area is 52.4 Å². The van der Waals surface area contributed by atoms with Crippen LogP contribution in [0.2, 0.25) is 0 Å². The highest BCUT2D eigenvalue weighted by Crippen LogP contribution is 1.95. The molecule has 0 N–H and O–H groups in total. The van der Waals surface area contributed by atoms with Gasteiger partial charge in [-0.2, -0.15) is 5.26 Å². The van der Waals surface area contributed by atoms with Gasteiger partial charge in [0.05, 0.1) is 6.07 Å². The average molecular weight is 130 g/mol. The van der Waals surface area contributed by atoms with E-state index in [1.54, 1.807) is 6.07 Å². The van der Waals surface area contributed by atoms with Crippen molar-refractivity contribution in [3.8, 4) is 6.07 Å². The average Bonchev–Trinajstić information content (AvgIpc) is 1.67. The number of nitriles is 1. The minimum Gasteiger partial charge on any atom is -0.276 e. The second-order valence-electron chi connectivity index (χ2n) is 1.23. The predicted molar refractivity (Wildman–Crippen MR) is 30.2 cm³/mol. The van der Waals surface area contributed by atoms with Crippen LogP contribution in [0.5, 0.6) is 0 Å². The number of carbonyl (C=O) groups is 1. The number of hydrogen-bond donors (Lipinski definition) is 0. The maximum Gasteiger partial charge on any atom is 0.248 e. The summed E-state index contributed by atoms with van der Waals surface area (Å²) < 4.78 is 0. The molecule has 0 fully saturated rings. The van der Waals surface area contributed by atoms with Crippen LogP contribution >= 0.6 is 11.6 Å². The molecular formula is C5H4ClNO. The van der Waals surface area contributed by atoms with Crippen LogP contribution in [0.1, 0.15) is 6.92 Å². The van der Waals surface area contributed by atoms with Crippen LogP contribution in [0.25, 0.3) is 0 Å². The molecule has 8 heavy (non-hydrogen) atoms. The Kier molecular flexibility index (Phi) is 2.90. The standard InChI is InChI=1S/C5H4ClNO/c1-4(2-3-7)5(6)8/h2H,1H3. The third-order valence-electron chi connectivity index (χ3n) is 0.591. The summed E-state index contributed by atoms with van der Waals surface area (Å²) in [6, 6.07) is 1.68. The van der Waals surface area contributed by atoms with E-state index in [2.05, 4.69) is 0 Å². The Bertz CT molecular complexity index is 166. The molecule has 42 valence electrons. The Balaban J connectivity index is 4.06. The lowest BCUT2D eigenvalue weighted by Gasteiger charge is -1.81. The fourth-order valence-electron chi connectivity index (χ4n) is 0.154. The van der Waals surface area contributed by atoms with E-state index in [9.17, 15) is 4.79 Å². The van der Waals surface area contributed by atoms with Gasteiger partial charge in [0, 0.05) is 11.6 Å². The molecule has 0 radical (unpaired) electrons. The van der Waals surface area contributed by atoms with Crippen LogP contribution in [0, 0.1) is 11.3 Å². The molecule has 0 aromatic rings. The number of allylic oxidation sites excluding steroid dienone is 2. The van der Waals surface area contributed by atoms with E-state index in [4.69, 9.17) is 16.9 Å². The Hall–Kier alpha value is -0.810. The van der Waals surface area contributed by atoms with Gasteiger partial charge < -0.3 is 0 Å². The summed E-state index contributed by atoms with van der Waals surface area (Å²) in [5.74, 6) is 0. The first kappa shape index (κ1) is 7.19. The molecule has 0 amide bonds. The number of carbonyl (C=O) groups excluding carboxylic acids is 1. The van der Waals surface area contributed by atoms with E-state index in [0.717, 1.165) is 6.08 Å². The molecular weight excluding hydrogens is 126 g/mol. The summed E-state index contributed by atoms with van der Waals surface area (Å²) in [5, 5.41) is 7.37. The van der Waals surface area contributed by atoms with E-state index < -0.39 is 5.24 Å². The lowest BCUT2D eigenvalue weighted by Crippen LogP contribution is -1.84. The predicted octanol–water partition coefficient (Wildman–Crippen LogP) is 1.22. The molecule has 0 saturated carbocycles. The van der Waals surface area contributed by atoms with Crippen molar-refractivity contribution >= 4 is 16.8 Å². The van der Waals surface area contributed by atoms with Crippen LogP contribution in [0.3, 0.4) is 0 Å². The van der Waals surface area contributed by atoms with Crippen LogP contribution in [-0.2, 0) is 4.79 Å². The zero-order valence-corrected chi connectivity index (χ0v) is 5.07. The van der Waals surface area contributed by atoms with Gasteiger partial charge in [0.25, 0.3) is 0 Å². The second-order valence-corrected chi connectivity index (χ2v) is 1.57. The highest BCUT2D eigenvalue weighted by Gasteiger charge is 1.94. The number of rotatable bonds is 1. The van der Waals surface area contributed by atoms with E-state index in [1.807, 2.05) is 0 Å². The maximum absolute atomic E-state index is 10.1. The van der Waals surface area contributed by atoms with E-state index >= 15 is 0 Å². The Morgan fingerprint density at radius 1 is 1.88 bits per heavy atom. The second kappa shape index (κ2) is 3.23. The molecule has 0 spiro atoms. The topological polar surface area (TPSA) is 40.9 Å². The first-order valence-electron chi connectivity index (χ1n) is 1.94. The highest BCUT2D eigenvalue weighted by molar-refractivity contribution is 6.67. The lowest BCUT2D eigenvalue weighted by atomic mass is 10.3. The SMILES string of the molecule is CC(=CC#N)C(=O)Cl. The molecule has 0 unspecified atom stereocenters. The van der Waals surface area contributed by atoms with Crippen LogP contribution in [-0.4, -0.2) is 5.24 Å². The third-order valence-corrected chi connectivity index (χ3v) is 0.889. The van der Waals surface area contributed by atoms with Crippen molar-refractivity contribution in [2.75, 3.05) is 0 Å². The maximum atomic E-state index is 10.1. The Morgan fingerprint density at radius 3 is 2.50 bits per heavy atom. The minimum absolute atomic E-state index is 0.272. The summed E-state index contributed by atoms with van der Waals surface area (Å²) in [6.07, 6.45) is 1.11. The van der Waals surface area contributed by atoms with Gasteiger partial charge in [0.1, 0.15) is 0 Å². The van der Waals surface area contributed by atoms with Crippen LogP contribution in [0.15, 0.2) is 11.6 Å². The lowest BCUT2D eigenvalue weighted by molar-refractivity contribution is -0.108. The molecule has 3 heteroatoms. The van der Waals surface area contributed by atoms with Gasteiger partial charge in [-0.1, -0.05) is 0 Å². The molecule has 0 saturated heterocycles. The van der Waals surface area contributed by atoms with Crippen molar-refractivity contribution in [1.29, 1.82) is 5.26 Å². The fraction of sp³-hybridized carbons (Fsp3) is 0.200. The van der Waals surface area contributed by atoms with E-state index in [0.29, 0.717) is 0 Å². The summed E-state index contributed by atoms with van der Waals surface area (Å²) >= 11 is 4.95. The van der Waals surface area contributed by atoms with Gasteiger partial charge in [-0.05, 0) is 18.5 Å². The smallest absolute Gasteiger partial charge is 0.248 e. The number of nitrogens with zero attached hydrogens (tertiary/aromatic N) is 1. The molecule has 0 rings (SSSR count). The van der Waals surface area contributed by atoms with Gasteiger partial charge in [-0.3, -0.25) is 4.79 Å². The van der Waals surface area contributed by atoms with Gasteiger partial charge in [-0.25, -0.2) is 0 Å². The molecule has 0 aromatic heterocycles. The minimum atomic E-state index is -0.577. The fourth-order valence-corrected chi connectivity index (χ4v) is 0.208. The molecule has 0 aliphatic rings. The largest absolute Gasteiger partial charge is 0.276 e. The first-order chi connectivity index (χ1) is 3.68. The molecule has 0 aliphatic carbocycles. The molecule has 0 aliphatic heterocycles. The van der Waals surface area contributed by atoms with Gasteiger partial charge in [0.2, 0.25) is 5.24 Å². The van der Waals surface area contributed by atoms with Crippen molar-refractivity contribution < 1.29 is 4.79 Å². The molecule has 2 nitrogen and oxygen atoms in total. The summed E-state index contributed by atoms with van der Waals surface area (Å²) in [5.41, 5.74) is 0.272. The van der Waals surface area contributed by atoms with E-state index in [-0.39, 0.29) is 5.57 Å². The quantitative estimate of drug-likeness (QED) is 0.304. The van der Waals surface area contributed by atoms with Gasteiger partial charge in [-0.15, -0.1) is 0 Å². The number of hydrogen-bond acceptors (Lipinski definition) is 2. The van der Waals surface area contributed by atoms with Gasteiger partial charge >= 0.3 is 0 Å². The Morgan fingerprint density at radius 2 is 2.38 bits per heavy atom. The normalized spacial score (nSPS) is 10.4.